The third-order valence-electron chi connectivity index (χ3n) is 12.0. The van der Waals surface area contributed by atoms with Crippen LogP contribution in [0.3, 0.4) is 0 Å². The number of allylic oxidation sites excluding steroid dienone is 1. The van der Waals surface area contributed by atoms with Gasteiger partial charge in [-0.25, -0.2) is 0 Å². The van der Waals surface area contributed by atoms with E-state index in [0.29, 0.717) is 19.4 Å². The molecule has 0 spiro atoms. The van der Waals surface area contributed by atoms with Crippen LogP contribution in [0.2, 0.25) is 0 Å². The Morgan fingerprint density at radius 3 is 2.62 bits per heavy atom. The molecule has 1 aromatic rings. The van der Waals surface area contributed by atoms with E-state index < -0.39 is 28.5 Å². The lowest BCUT2D eigenvalue weighted by Crippen LogP contribution is -2.70. The Morgan fingerprint density at radius 1 is 1.23 bits per heavy atom. The molecule has 1 aromatic heterocycles. The molecule has 0 radical (unpaired) electrons. The summed E-state index contributed by atoms with van der Waals surface area (Å²) in [5.74, 6) is -1.08. The fraction of sp³-hybridized carbons (Fsp3) is 0.750. The van der Waals surface area contributed by atoms with E-state index in [-0.39, 0.29) is 60.3 Å². The van der Waals surface area contributed by atoms with Gasteiger partial charge in [0, 0.05) is 40.9 Å². The summed E-state index contributed by atoms with van der Waals surface area (Å²) in [6.45, 7) is 12.9. The fourth-order valence-corrected chi connectivity index (χ4v) is 9.74. The molecule has 3 heterocycles. The second-order valence-electron chi connectivity index (χ2n) is 13.7. The van der Waals surface area contributed by atoms with Crippen LogP contribution in [0.5, 0.6) is 0 Å². The highest BCUT2D eigenvalue weighted by molar-refractivity contribution is 5.72. The lowest BCUT2D eigenvalue weighted by molar-refractivity contribution is -0.250. The van der Waals surface area contributed by atoms with Crippen molar-refractivity contribution in [2.45, 2.75) is 104 Å². The van der Waals surface area contributed by atoms with E-state index >= 15 is 0 Å². The van der Waals surface area contributed by atoms with Crippen LogP contribution in [0, 0.1) is 34.0 Å². The van der Waals surface area contributed by atoms with Crippen molar-refractivity contribution in [1.29, 1.82) is 0 Å². The molecular weight excluding hydrogens is 512 g/mol. The van der Waals surface area contributed by atoms with Gasteiger partial charge in [-0.1, -0.05) is 40.2 Å². The minimum atomic E-state index is -0.708. The van der Waals surface area contributed by atoms with Crippen molar-refractivity contribution in [1.82, 2.24) is 0 Å². The van der Waals surface area contributed by atoms with Crippen LogP contribution >= 0.6 is 0 Å². The van der Waals surface area contributed by atoms with Gasteiger partial charge in [-0.3, -0.25) is 9.59 Å². The molecule has 2 saturated heterocycles. The summed E-state index contributed by atoms with van der Waals surface area (Å²) >= 11 is 0. The molecule has 4 fully saturated rings. The highest BCUT2D eigenvalue weighted by Crippen LogP contribution is 2.73. The molecule has 220 valence electrons. The van der Waals surface area contributed by atoms with Gasteiger partial charge in [0.2, 0.25) is 0 Å². The first-order valence-electron chi connectivity index (χ1n) is 14.9. The zero-order valence-electron chi connectivity index (χ0n) is 24.8. The maximum atomic E-state index is 13.3. The Kier molecular flexibility index (Phi) is 6.60. The molecule has 0 aromatic carbocycles. The molecule has 0 unspecified atom stereocenters. The number of rotatable bonds is 6. The van der Waals surface area contributed by atoms with Crippen LogP contribution in [0.1, 0.15) is 78.7 Å². The summed E-state index contributed by atoms with van der Waals surface area (Å²) in [5, 5.41) is 11.5. The molecule has 8 nitrogen and oxygen atoms in total. The van der Waals surface area contributed by atoms with Crippen molar-refractivity contribution in [3.8, 4) is 0 Å². The van der Waals surface area contributed by atoms with Gasteiger partial charge in [0.1, 0.15) is 6.10 Å². The molecule has 2 aliphatic heterocycles. The minimum Gasteiger partial charge on any atom is -0.472 e. The highest BCUT2D eigenvalue weighted by atomic mass is 16.6. The number of carbonyl (C=O) groups excluding carboxylic acids is 2. The van der Waals surface area contributed by atoms with Gasteiger partial charge in [0.05, 0.1) is 56.6 Å². The Labute approximate surface area is 236 Å². The van der Waals surface area contributed by atoms with Crippen LogP contribution in [-0.4, -0.2) is 61.3 Å². The van der Waals surface area contributed by atoms with Crippen molar-refractivity contribution >= 4 is 11.9 Å². The van der Waals surface area contributed by atoms with E-state index in [2.05, 4.69) is 27.7 Å². The van der Waals surface area contributed by atoms with Gasteiger partial charge < -0.3 is 28.5 Å². The zero-order valence-corrected chi connectivity index (χ0v) is 24.8. The van der Waals surface area contributed by atoms with E-state index in [1.54, 1.807) is 12.5 Å². The quantitative estimate of drug-likeness (QED) is 0.394. The van der Waals surface area contributed by atoms with Crippen LogP contribution in [-0.2, 0) is 28.5 Å². The molecular formula is C32H44O8. The monoisotopic (exact) mass is 556 g/mol. The van der Waals surface area contributed by atoms with Crippen LogP contribution in [0.15, 0.2) is 34.2 Å². The maximum absolute atomic E-state index is 13.3. The molecule has 8 heteroatoms. The normalized spacial score (nSPS) is 46.0. The number of furan rings is 1. The number of esters is 2. The molecule has 0 amide bonds. The first kappa shape index (κ1) is 28.0. The van der Waals surface area contributed by atoms with Gasteiger partial charge in [-0.05, 0) is 42.9 Å². The SMILES string of the molecule is CC[C@@H](C)C(=O)O[C@H]1C[C@@H](O)[C@]2(C)CO[C@H]3[C@H]4O[C@@H]5C[C@H](c6ccoc6)C(C)=C5[C@@]4(C)[C@H](CC(=O)OC)[C@@]1(C)[C@@H]32. The van der Waals surface area contributed by atoms with Crippen LogP contribution in [0.4, 0.5) is 0 Å². The molecule has 6 rings (SSSR count). The topological polar surface area (TPSA) is 104 Å². The number of methoxy groups -OCH3 is 1. The number of carbonyl (C=O) groups is 2. The number of hydrogen-bond donors (Lipinski definition) is 1. The zero-order chi connectivity index (χ0) is 28.8. The van der Waals surface area contributed by atoms with Crippen molar-refractivity contribution in [3.05, 3.63) is 35.3 Å². The molecule has 12 atom stereocenters. The van der Waals surface area contributed by atoms with Gasteiger partial charge in [0.25, 0.3) is 0 Å². The third-order valence-corrected chi connectivity index (χ3v) is 12.0. The minimum absolute atomic E-state index is 0.111. The average Bonchev–Trinajstić information content (AvgIpc) is 3.70. The molecule has 0 bridgehead atoms. The van der Waals surface area contributed by atoms with Crippen molar-refractivity contribution in [2.24, 2.45) is 34.0 Å². The third kappa shape index (κ3) is 3.54. The molecule has 3 aliphatic carbocycles. The second-order valence-corrected chi connectivity index (χ2v) is 13.7. The van der Waals surface area contributed by atoms with E-state index in [1.807, 2.05) is 19.9 Å². The van der Waals surface area contributed by atoms with Crippen molar-refractivity contribution < 1.29 is 38.1 Å². The summed E-state index contributed by atoms with van der Waals surface area (Å²) in [5.41, 5.74) is 1.81. The van der Waals surface area contributed by atoms with Crippen molar-refractivity contribution in [2.75, 3.05) is 13.7 Å². The number of hydrogen-bond acceptors (Lipinski definition) is 8. The fourth-order valence-electron chi connectivity index (χ4n) is 9.74. The van der Waals surface area contributed by atoms with E-state index in [9.17, 15) is 14.7 Å². The van der Waals surface area contributed by atoms with Gasteiger partial charge in [-0.2, -0.15) is 0 Å². The summed E-state index contributed by atoms with van der Waals surface area (Å²) in [4.78, 5) is 26.4. The van der Waals surface area contributed by atoms with E-state index in [1.165, 1.54) is 18.3 Å². The standard InChI is InChI=1S/C32H44O8/c1-8-16(2)29(35)40-23-13-22(33)30(4)15-38-26-27(30)31(23,5)21(12-24(34)36-7)32(6)25-17(3)19(18-9-10-37-14-18)11-20(25)39-28(26)32/h9-10,14,16,19-23,26-28,33H,8,11-13,15H2,1-7H3/t16-,19+,20-,21-,22-,23+,26-,27+,28-,30+,31-,32-/m1/s1. The molecule has 1 N–H and O–H groups in total. The van der Waals surface area contributed by atoms with Crippen LogP contribution < -0.4 is 0 Å². The summed E-state index contributed by atoms with van der Waals surface area (Å²) in [6.07, 6.45) is 3.46. The Bertz CT molecular complexity index is 1210. The van der Waals surface area contributed by atoms with Crippen molar-refractivity contribution in [3.63, 3.8) is 0 Å². The predicted molar refractivity (Wildman–Crippen MR) is 145 cm³/mol. The number of ether oxygens (including phenoxy) is 4. The first-order chi connectivity index (χ1) is 18.9. The second kappa shape index (κ2) is 9.43. The van der Waals surface area contributed by atoms with Gasteiger partial charge in [0.15, 0.2) is 0 Å². The number of fused-ring (bicyclic) bond motifs is 4. The predicted octanol–water partition coefficient (Wildman–Crippen LogP) is 4.80. The first-order valence-corrected chi connectivity index (χ1v) is 14.9. The Morgan fingerprint density at radius 2 is 1.98 bits per heavy atom. The van der Waals surface area contributed by atoms with E-state index in [0.717, 1.165) is 12.0 Å². The van der Waals surface area contributed by atoms with Gasteiger partial charge in [-0.15, -0.1) is 0 Å². The Hall–Kier alpha value is -2.16. The van der Waals surface area contributed by atoms with Crippen LogP contribution in [0.25, 0.3) is 0 Å². The lowest BCUT2D eigenvalue weighted by atomic mass is 9.40. The van der Waals surface area contributed by atoms with E-state index in [4.69, 9.17) is 23.4 Å². The summed E-state index contributed by atoms with van der Waals surface area (Å²) in [7, 11) is 1.42. The summed E-state index contributed by atoms with van der Waals surface area (Å²) in [6, 6.07) is 2.01. The number of aliphatic hydroxyl groups is 1. The Balaban J connectivity index is 1.53. The number of aliphatic hydroxyl groups excluding tert-OH is 1. The molecule has 5 aliphatic rings. The largest absolute Gasteiger partial charge is 0.472 e. The smallest absolute Gasteiger partial charge is 0.308 e. The average molecular weight is 557 g/mol. The molecule has 2 saturated carbocycles. The van der Waals surface area contributed by atoms with Gasteiger partial charge >= 0.3 is 11.9 Å². The lowest BCUT2D eigenvalue weighted by Gasteiger charge is -2.65. The maximum Gasteiger partial charge on any atom is 0.308 e. The summed E-state index contributed by atoms with van der Waals surface area (Å²) < 4.78 is 30.6. The highest BCUT2D eigenvalue weighted by Gasteiger charge is 2.78. The molecule has 40 heavy (non-hydrogen) atoms.